The van der Waals surface area contributed by atoms with Crippen molar-refractivity contribution in [1.29, 1.82) is 5.26 Å². The van der Waals surface area contributed by atoms with E-state index in [9.17, 15) is 10.4 Å². The van der Waals surface area contributed by atoms with Crippen LogP contribution < -0.4 is 19.1 Å². The lowest BCUT2D eigenvalue weighted by Gasteiger charge is -2.49. The summed E-state index contributed by atoms with van der Waals surface area (Å²) in [5.41, 5.74) is 0.400. The second kappa shape index (κ2) is 7.73. The van der Waals surface area contributed by atoms with E-state index in [0.717, 1.165) is 44.2 Å². The molecule has 2 aliphatic rings. The van der Waals surface area contributed by atoms with E-state index >= 15 is 0 Å². The highest BCUT2D eigenvalue weighted by Gasteiger charge is 2.51. The number of rotatable bonds is 5. The van der Waals surface area contributed by atoms with Gasteiger partial charge in [-0.25, -0.2) is 0 Å². The molecule has 2 N–H and O–H groups in total. The SMILES string of the molecule is COc1cc([C@@H]2[C@@H]3CCCC[C@@]3(O)CC[NH+]2CC#N)cc(OC)c1OC. The first-order valence-corrected chi connectivity index (χ1v) is 9.31. The Bertz CT molecular complexity index is 662. The highest BCUT2D eigenvalue weighted by molar-refractivity contribution is 5.54. The fourth-order valence-electron chi connectivity index (χ4n) is 4.90. The van der Waals surface area contributed by atoms with E-state index in [1.807, 2.05) is 12.1 Å². The van der Waals surface area contributed by atoms with Crippen molar-refractivity contribution in [2.75, 3.05) is 34.4 Å². The van der Waals surface area contributed by atoms with Gasteiger partial charge in [0.25, 0.3) is 0 Å². The lowest BCUT2D eigenvalue weighted by molar-refractivity contribution is -0.938. The number of nitrogens with one attached hydrogen (secondary N) is 1. The van der Waals surface area contributed by atoms with Gasteiger partial charge in [-0.3, -0.25) is 0 Å². The maximum atomic E-state index is 11.3. The Kier molecular flexibility index (Phi) is 5.59. The summed E-state index contributed by atoms with van der Waals surface area (Å²) in [5, 5.41) is 20.6. The first-order valence-electron chi connectivity index (χ1n) is 9.31. The molecule has 4 atom stereocenters. The number of likely N-dealkylation sites (tertiary alicyclic amines) is 1. The molecule has 26 heavy (non-hydrogen) atoms. The number of piperidine rings is 1. The van der Waals surface area contributed by atoms with Gasteiger partial charge in [0, 0.05) is 17.9 Å². The molecule has 1 aromatic rings. The maximum Gasteiger partial charge on any atom is 0.203 e. The zero-order valence-electron chi connectivity index (χ0n) is 15.9. The van der Waals surface area contributed by atoms with Crippen LogP contribution >= 0.6 is 0 Å². The van der Waals surface area contributed by atoms with Crippen molar-refractivity contribution in [3.05, 3.63) is 17.7 Å². The molecule has 0 bridgehead atoms. The van der Waals surface area contributed by atoms with Crippen molar-refractivity contribution in [3.63, 3.8) is 0 Å². The summed E-state index contributed by atoms with van der Waals surface area (Å²) in [6.07, 6.45) is 4.77. The number of hydrogen-bond acceptors (Lipinski definition) is 5. The van der Waals surface area contributed by atoms with Crippen LogP contribution in [0.4, 0.5) is 0 Å². The molecule has 0 spiro atoms. The highest BCUT2D eigenvalue weighted by Crippen LogP contribution is 2.47. The topological polar surface area (TPSA) is 76.2 Å². The van der Waals surface area contributed by atoms with Crippen molar-refractivity contribution in [2.45, 2.75) is 43.7 Å². The van der Waals surface area contributed by atoms with Crippen LogP contribution in [0.3, 0.4) is 0 Å². The summed E-state index contributed by atoms with van der Waals surface area (Å²) < 4.78 is 16.5. The normalized spacial score (nSPS) is 30.8. The number of ether oxygens (including phenoxy) is 3. The number of methoxy groups -OCH3 is 3. The van der Waals surface area contributed by atoms with Gasteiger partial charge >= 0.3 is 0 Å². The Morgan fingerprint density at radius 1 is 1.15 bits per heavy atom. The Balaban J connectivity index is 2.08. The molecule has 1 aliphatic carbocycles. The standard InChI is InChI=1S/C20H28N2O4/c1-24-16-12-14(13-17(25-2)19(16)26-3)18-15-6-4-5-7-20(15,23)8-10-22(18)11-9-21/h12-13,15,18,23H,4-8,10-11H2,1-3H3/p+1/t15-,18+,20+/m0/s1. The van der Waals surface area contributed by atoms with Crippen LogP contribution in [0.1, 0.15) is 43.7 Å². The summed E-state index contributed by atoms with van der Waals surface area (Å²) in [4.78, 5) is 1.21. The quantitative estimate of drug-likeness (QED) is 0.777. The summed E-state index contributed by atoms with van der Waals surface area (Å²) in [6.45, 7) is 1.22. The Morgan fingerprint density at radius 2 is 1.85 bits per heavy atom. The number of benzene rings is 1. The van der Waals surface area contributed by atoms with Gasteiger partial charge in [0.1, 0.15) is 12.1 Å². The third-order valence-corrected chi connectivity index (χ3v) is 6.14. The van der Waals surface area contributed by atoms with E-state index in [4.69, 9.17) is 14.2 Å². The van der Waals surface area contributed by atoms with Crippen LogP contribution in [0, 0.1) is 17.2 Å². The fourth-order valence-corrected chi connectivity index (χ4v) is 4.90. The zero-order valence-corrected chi connectivity index (χ0v) is 15.9. The number of nitrogens with zero attached hydrogens (tertiary/aromatic N) is 1. The third-order valence-electron chi connectivity index (χ3n) is 6.14. The lowest BCUT2D eigenvalue weighted by atomic mass is 9.66. The van der Waals surface area contributed by atoms with Crippen LogP contribution in [0.25, 0.3) is 0 Å². The highest BCUT2D eigenvalue weighted by atomic mass is 16.5. The molecule has 6 nitrogen and oxygen atoms in total. The molecule has 1 aromatic carbocycles. The molecular weight excluding hydrogens is 332 g/mol. The van der Waals surface area contributed by atoms with Gasteiger partial charge in [-0.2, -0.15) is 5.26 Å². The maximum absolute atomic E-state index is 11.3. The van der Waals surface area contributed by atoms with Gasteiger partial charge in [0.15, 0.2) is 18.0 Å². The molecule has 142 valence electrons. The average Bonchev–Trinajstić information content (AvgIpc) is 2.66. The monoisotopic (exact) mass is 361 g/mol. The molecular formula is C20H29N2O4+. The van der Waals surface area contributed by atoms with Gasteiger partial charge in [-0.15, -0.1) is 0 Å². The van der Waals surface area contributed by atoms with Crippen LogP contribution in [-0.2, 0) is 0 Å². The third kappa shape index (κ3) is 3.22. The van der Waals surface area contributed by atoms with Crippen molar-refractivity contribution in [1.82, 2.24) is 0 Å². The predicted octanol–water partition coefficient (Wildman–Crippen LogP) is 1.49. The molecule has 3 rings (SSSR count). The second-order valence-electron chi connectivity index (χ2n) is 7.39. The van der Waals surface area contributed by atoms with Crippen molar-refractivity contribution >= 4 is 0 Å². The Morgan fingerprint density at radius 3 is 2.42 bits per heavy atom. The van der Waals surface area contributed by atoms with E-state index in [1.165, 1.54) is 4.90 Å². The minimum absolute atomic E-state index is 0.0439. The number of quaternary nitrogens is 1. The van der Waals surface area contributed by atoms with E-state index < -0.39 is 5.60 Å². The van der Waals surface area contributed by atoms with Crippen LogP contribution in [0.2, 0.25) is 0 Å². The zero-order chi connectivity index (χ0) is 18.7. The van der Waals surface area contributed by atoms with E-state index in [0.29, 0.717) is 23.8 Å². The van der Waals surface area contributed by atoms with Crippen LogP contribution in [0.15, 0.2) is 12.1 Å². The Hall–Kier alpha value is -1.97. The average molecular weight is 361 g/mol. The number of aliphatic hydroxyl groups is 1. The first-order chi connectivity index (χ1) is 12.6. The van der Waals surface area contributed by atoms with Crippen LogP contribution in [0.5, 0.6) is 17.2 Å². The van der Waals surface area contributed by atoms with Crippen LogP contribution in [-0.4, -0.2) is 45.1 Å². The van der Waals surface area contributed by atoms with Gasteiger partial charge in [0.2, 0.25) is 5.75 Å². The van der Waals surface area contributed by atoms with Crippen molar-refractivity contribution in [2.24, 2.45) is 5.92 Å². The minimum atomic E-state index is -0.637. The molecule has 6 heteroatoms. The molecule has 0 aromatic heterocycles. The molecule has 1 aliphatic heterocycles. The largest absolute Gasteiger partial charge is 0.493 e. The van der Waals surface area contributed by atoms with Gasteiger partial charge in [-0.1, -0.05) is 12.8 Å². The second-order valence-corrected chi connectivity index (χ2v) is 7.39. The minimum Gasteiger partial charge on any atom is -0.493 e. The lowest BCUT2D eigenvalue weighted by Crippen LogP contribution is -3.15. The van der Waals surface area contributed by atoms with E-state index in [2.05, 4.69) is 6.07 Å². The molecule has 1 saturated heterocycles. The molecule has 2 fully saturated rings. The molecule has 0 radical (unpaired) electrons. The molecule has 0 amide bonds. The van der Waals surface area contributed by atoms with Gasteiger partial charge in [0.05, 0.1) is 33.5 Å². The number of hydrogen-bond donors (Lipinski definition) is 2. The summed E-state index contributed by atoms with van der Waals surface area (Å²) in [6, 6.07) is 6.31. The van der Waals surface area contributed by atoms with E-state index in [1.54, 1.807) is 21.3 Å². The smallest absolute Gasteiger partial charge is 0.203 e. The molecule has 1 unspecified atom stereocenters. The predicted molar refractivity (Wildman–Crippen MR) is 96.7 cm³/mol. The number of fused-ring (bicyclic) bond motifs is 1. The molecule has 1 saturated carbocycles. The van der Waals surface area contributed by atoms with Crippen molar-refractivity contribution < 1.29 is 24.2 Å². The Labute approximate surface area is 155 Å². The fraction of sp³-hybridized carbons (Fsp3) is 0.650. The molecule has 1 heterocycles. The van der Waals surface area contributed by atoms with Gasteiger partial charge in [-0.05, 0) is 25.0 Å². The van der Waals surface area contributed by atoms with Gasteiger partial charge < -0.3 is 24.2 Å². The first kappa shape index (κ1) is 18.8. The van der Waals surface area contributed by atoms with E-state index in [-0.39, 0.29) is 12.0 Å². The summed E-state index contributed by atoms with van der Waals surface area (Å²) in [7, 11) is 4.81. The van der Waals surface area contributed by atoms with Crippen molar-refractivity contribution in [3.8, 4) is 23.3 Å². The summed E-state index contributed by atoms with van der Waals surface area (Å²) >= 11 is 0. The number of nitriles is 1. The summed E-state index contributed by atoms with van der Waals surface area (Å²) in [5.74, 6) is 1.93.